The zero-order chi connectivity index (χ0) is 22.4. The summed E-state index contributed by atoms with van der Waals surface area (Å²) in [5.41, 5.74) is 2.46. The van der Waals surface area contributed by atoms with Crippen LogP contribution in [0.3, 0.4) is 0 Å². The Morgan fingerprint density at radius 1 is 1.35 bits per heavy atom. The maximum absolute atomic E-state index is 12.1. The smallest absolute Gasteiger partial charge is 0.326 e. The number of pyridine rings is 1. The summed E-state index contributed by atoms with van der Waals surface area (Å²) in [4.78, 5) is 29.8. The molecular formula is C23H36N4O4. The van der Waals surface area contributed by atoms with E-state index < -0.39 is 12.0 Å². The van der Waals surface area contributed by atoms with Crippen LogP contribution in [-0.2, 0) is 22.4 Å². The molecule has 2 aliphatic rings. The van der Waals surface area contributed by atoms with Crippen LogP contribution in [0.15, 0.2) is 12.1 Å². The fourth-order valence-electron chi connectivity index (χ4n) is 4.00. The van der Waals surface area contributed by atoms with E-state index in [1.165, 1.54) is 16.9 Å². The molecule has 8 heteroatoms. The van der Waals surface area contributed by atoms with E-state index in [1.54, 1.807) is 7.05 Å². The molecule has 0 bridgehead atoms. The Labute approximate surface area is 184 Å². The molecule has 1 aromatic rings. The van der Waals surface area contributed by atoms with E-state index in [4.69, 9.17) is 9.72 Å². The van der Waals surface area contributed by atoms with Gasteiger partial charge in [-0.05, 0) is 69.9 Å². The number of hydrogen-bond acceptors (Lipinski definition) is 5. The number of aryl methyl sites for hydroxylation is 2. The van der Waals surface area contributed by atoms with E-state index in [2.05, 4.69) is 22.8 Å². The van der Waals surface area contributed by atoms with Gasteiger partial charge in [-0.25, -0.2) is 14.6 Å². The Bertz CT molecular complexity index is 764. The normalized spacial score (nSPS) is 20.9. The Kier molecular flexibility index (Phi) is 8.12. The van der Waals surface area contributed by atoms with Gasteiger partial charge in [0.2, 0.25) is 0 Å². The summed E-state index contributed by atoms with van der Waals surface area (Å²) in [6.07, 6.45) is 6.81. The Morgan fingerprint density at radius 2 is 2.13 bits per heavy atom. The molecule has 1 aromatic heterocycles. The Balaban J connectivity index is 1.32. The van der Waals surface area contributed by atoms with Gasteiger partial charge in [-0.2, -0.15) is 0 Å². The second-order valence-corrected chi connectivity index (χ2v) is 9.04. The fourth-order valence-corrected chi connectivity index (χ4v) is 4.00. The second-order valence-electron chi connectivity index (χ2n) is 9.04. The SMILES string of the molecule is CC(C)N(C)C(=O)NC(CCO[C@H]1C[C@H](CCc2ccc3c(n2)NCCC3)C1)C(=O)O. The van der Waals surface area contributed by atoms with Gasteiger partial charge in [0.05, 0.1) is 6.10 Å². The number of anilines is 1. The molecule has 1 saturated carbocycles. The number of rotatable bonds is 10. The summed E-state index contributed by atoms with van der Waals surface area (Å²) in [6.45, 7) is 5.10. The van der Waals surface area contributed by atoms with Gasteiger partial charge in [0, 0.05) is 38.4 Å². The van der Waals surface area contributed by atoms with E-state index >= 15 is 0 Å². The van der Waals surface area contributed by atoms with Crippen molar-refractivity contribution in [2.75, 3.05) is 25.5 Å². The molecule has 1 atom stereocenters. The Hall–Kier alpha value is -2.35. The number of carbonyl (C=O) groups is 2. The van der Waals surface area contributed by atoms with Gasteiger partial charge in [-0.1, -0.05) is 6.07 Å². The van der Waals surface area contributed by atoms with Crippen molar-refractivity contribution in [1.82, 2.24) is 15.2 Å². The van der Waals surface area contributed by atoms with Crippen molar-refractivity contribution < 1.29 is 19.4 Å². The van der Waals surface area contributed by atoms with Crippen LogP contribution in [0.25, 0.3) is 0 Å². The number of aliphatic carboxylic acids is 1. The molecule has 3 rings (SSSR count). The molecule has 172 valence electrons. The quantitative estimate of drug-likeness (QED) is 0.525. The molecule has 0 aromatic carbocycles. The first-order valence-electron chi connectivity index (χ1n) is 11.4. The minimum absolute atomic E-state index is 0.00498. The lowest BCUT2D eigenvalue weighted by molar-refractivity contribution is -0.140. The van der Waals surface area contributed by atoms with Crippen molar-refractivity contribution in [3.63, 3.8) is 0 Å². The van der Waals surface area contributed by atoms with Crippen molar-refractivity contribution >= 4 is 17.8 Å². The molecule has 1 aliphatic heterocycles. The zero-order valence-corrected chi connectivity index (χ0v) is 18.9. The van der Waals surface area contributed by atoms with Gasteiger partial charge in [0.15, 0.2) is 0 Å². The largest absolute Gasteiger partial charge is 0.480 e. The molecule has 1 aliphatic carbocycles. The highest BCUT2D eigenvalue weighted by Crippen LogP contribution is 2.34. The predicted octanol–water partition coefficient (Wildman–Crippen LogP) is 3.06. The van der Waals surface area contributed by atoms with E-state index in [0.717, 1.165) is 50.2 Å². The summed E-state index contributed by atoms with van der Waals surface area (Å²) in [5, 5.41) is 15.3. The first kappa shape index (κ1) is 23.3. The van der Waals surface area contributed by atoms with Gasteiger partial charge in [-0.3, -0.25) is 0 Å². The zero-order valence-electron chi connectivity index (χ0n) is 18.9. The molecule has 31 heavy (non-hydrogen) atoms. The number of nitrogens with zero attached hydrogens (tertiary/aromatic N) is 2. The van der Waals surface area contributed by atoms with Crippen LogP contribution in [0.5, 0.6) is 0 Å². The predicted molar refractivity (Wildman–Crippen MR) is 119 cm³/mol. The van der Waals surface area contributed by atoms with Crippen LogP contribution in [0, 0.1) is 5.92 Å². The monoisotopic (exact) mass is 432 g/mol. The summed E-state index contributed by atoms with van der Waals surface area (Å²) in [7, 11) is 1.65. The third-order valence-electron chi connectivity index (χ3n) is 6.40. The number of nitrogens with one attached hydrogen (secondary N) is 2. The fraction of sp³-hybridized carbons (Fsp3) is 0.696. The number of carboxylic acid groups (broad SMARTS) is 1. The van der Waals surface area contributed by atoms with Gasteiger partial charge >= 0.3 is 12.0 Å². The molecule has 2 amide bonds. The molecule has 8 nitrogen and oxygen atoms in total. The maximum atomic E-state index is 12.1. The van der Waals surface area contributed by atoms with Crippen LogP contribution in [-0.4, -0.2) is 65.4 Å². The number of urea groups is 1. The number of carboxylic acids is 1. The summed E-state index contributed by atoms with van der Waals surface area (Å²) in [5.74, 6) is 0.649. The Morgan fingerprint density at radius 3 is 2.84 bits per heavy atom. The highest BCUT2D eigenvalue weighted by Gasteiger charge is 2.30. The summed E-state index contributed by atoms with van der Waals surface area (Å²) >= 11 is 0. The first-order valence-corrected chi connectivity index (χ1v) is 11.4. The van der Waals surface area contributed by atoms with Crippen molar-refractivity contribution in [2.45, 2.75) is 77.0 Å². The highest BCUT2D eigenvalue weighted by atomic mass is 16.5. The average molecular weight is 433 g/mol. The lowest BCUT2D eigenvalue weighted by Crippen LogP contribution is -2.49. The first-order chi connectivity index (χ1) is 14.8. The van der Waals surface area contributed by atoms with Crippen molar-refractivity contribution in [1.29, 1.82) is 0 Å². The molecule has 1 unspecified atom stereocenters. The minimum Gasteiger partial charge on any atom is -0.480 e. The van der Waals surface area contributed by atoms with E-state index in [0.29, 0.717) is 12.5 Å². The van der Waals surface area contributed by atoms with Gasteiger partial charge in [0.25, 0.3) is 0 Å². The lowest BCUT2D eigenvalue weighted by atomic mass is 9.79. The number of hydrogen-bond donors (Lipinski definition) is 3. The number of fused-ring (bicyclic) bond motifs is 1. The molecule has 0 saturated heterocycles. The van der Waals surface area contributed by atoms with E-state index in [-0.39, 0.29) is 24.6 Å². The number of ether oxygens (including phenoxy) is 1. The van der Waals surface area contributed by atoms with Crippen molar-refractivity contribution in [3.05, 3.63) is 23.4 Å². The standard InChI is InChI=1S/C23H36N4O4/c1-15(2)27(3)23(30)26-20(22(28)29)10-12-31-19-13-16(14-19)6-8-18-9-7-17-5-4-11-24-21(17)25-18/h7,9,15-16,19-20H,4-6,8,10-14H2,1-3H3,(H,24,25)(H,26,30)(H,28,29)/t16-,19-,20?. The number of amides is 2. The number of aromatic nitrogens is 1. The molecular weight excluding hydrogens is 396 g/mol. The van der Waals surface area contributed by atoms with Gasteiger partial charge in [-0.15, -0.1) is 0 Å². The average Bonchev–Trinajstić information content (AvgIpc) is 2.72. The number of carbonyl (C=O) groups excluding carboxylic acids is 1. The van der Waals surface area contributed by atoms with Crippen LogP contribution in [0.2, 0.25) is 0 Å². The van der Waals surface area contributed by atoms with E-state index in [9.17, 15) is 14.7 Å². The third-order valence-corrected chi connectivity index (χ3v) is 6.40. The second kappa shape index (κ2) is 10.8. The molecule has 0 spiro atoms. The summed E-state index contributed by atoms with van der Waals surface area (Å²) in [6, 6.07) is 3.04. The molecule has 3 N–H and O–H groups in total. The topological polar surface area (TPSA) is 104 Å². The van der Waals surface area contributed by atoms with Crippen molar-refractivity contribution in [3.8, 4) is 0 Å². The van der Waals surface area contributed by atoms with Gasteiger partial charge < -0.3 is 25.4 Å². The molecule has 2 heterocycles. The molecule has 0 radical (unpaired) electrons. The highest BCUT2D eigenvalue weighted by molar-refractivity contribution is 5.82. The van der Waals surface area contributed by atoms with Crippen LogP contribution in [0.1, 0.15) is 57.2 Å². The third kappa shape index (κ3) is 6.56. The molecule has 1 fully saturated rings. The lowest BCUT2D eigenvalue weighted by Gasteiger charge is -2.35. The minimum atomic E-state index is -1.03. The van der Waals surface area contributed by atoms with Crippen molar-refractivity contribution in [2.24, 2.45) is 5.92 Å². The van der Waals surface area contributed by atoms with E-state index in [1.807, 2.05) is 13.8 Å². The van der Waals surface area contributed by atoms with Gasteiger partial charge in [0.1, 0.15) is 11.9 Å². The maximum Gasteiger partial charge on any atom is 0.326 e. The summed E-state index contributed by atoms with van der Waals surface area (Å²) < 4.78 is 5.85. The van der Waals surface area contributed by atoms with Crippen LogP contribution in [0.4, 0.5) is 10.6 Å². The van der Waals surface area contributed by atoms with Crippen LogP contribution >= 0.6 is 0 Å². The van der Waals surface area contributed by atoms with Crippen LogP contribution < -0.4 is 10.6 Å².